The Bertz CT molecular complexity index is 1300. The number of benzene rings is 1. The number of unbranched alkanes of at least 4 members (excludes halogenated alkanes) is 1. The molecule has 3 aromatic rings. The first-order valence-corrected chi connectivity index (χ1v) is 20.1. The monoisotopic (exact) mass is 716 g/mol. The summed E-state index contributed by atoms with van der Waals surface area (Å²) in [7, 11) is 0. The molecule has 6 nitrogen and oxygen atoms in total. The van der Waals surface area contributed by atoms with Crippen LogP contribution in [-0.2, 0) is 6.42 Å². The lowest BCUT2D eigenvalue weighted by Gasteiger charge is -2.16. The highest BCUT2D eigenvalue weighted by Crippen LogP contribution is 2.42. The van der Waals surface area contributed by atoms with Crippen molar-refractivity contribution in [3.05, 3.63) is 56.9 Å². The average molecular weight is 718 g/mol. The van der Waals surface area contributed by atoms with Crippen molar-refractivity contribution in [3.8, 4) is 11.6 Å². The van der Waals surface area contributed by atoms with E-state index in [1.807, 2.05) is 32.0 Å². The highest BCUT2D eigenvalue weighted by Gasteiger charge is 2.41. The minimum Gasteiger partial charge on any atom is -0.494 e. The number of hydrogen-bond donors (Lipinski definition) is 0. The molecule has 0 N–H and O–H groups in total. The van der Waals surface area contributed by atoms with Crippen molar-refractivity contribution in [2.45, 2.75) is 166 Å². The van der Waals surface area contributed by atoms with Gasteiger partial charge < -0.3 is 9.47 Å². The number of nitrogens with zero attached hydrogens (tertiary/aromatic N) is 4. The normalized spacial score (nSPS) is 12.6. The Morgan fingerprint density at radius 2 is 1.59 bits per heavy atom. The van der Waals surface area contributed by atoms with Crippen molar-refractivity contribution < 1.29 is 9.47 Å². The number of rotatable bonds is 13. The molecule has 1 aliphatic carbocycles. The second-order valence-electron chi connectivity index (χ2n) is 13.1. The van der Waals surface area contributed by atoms with Gasteiger partial charge in [0.15, 0.2) is 0 Å². The van der Waals surface area contributed by atoms with E-state index in [-0.39, 0.29) is 5.60 Å². The summed E-state index contributed by atoms with van der Waals surface area (Å²) in [4.78, 5) is 17.8. The number of ether oxygens (including phenoxy) is 2. The number of thiazole rings is 1. The van der Waals surface area contributed by atoms with Crippen LogP contribution in [0.15, 0.2) is 34.9 Å². The standard InChI is InChI=1S/C22H28ClN3O2.C6H9NS.C6H14.C4H10.C3H8/c1-5-7-19(17-9-8-16(13-18(17)23)27-12-6-2)26-20-15(3)24-14-25-21(20)28-22(4)10-11-22;1-3-6-4-8-5(2)7-6;1-4-5-6(2)3;1-3-4-2;1-3-2/h8-9,13-14H,5-7,10-12H2,1-4H3;4H,3H2,1-2H3;6H,4-5H2,1-3H3;3-4H2,1-2H3;3H2,1-2H3. The second kappa shape index (κ2) is 27.2. The van der Waals surface area contributed by atoms with Crippen molar-refractivity contribution in [3.63, 3.8) is 0 Å². The van der Waals surface area contributed by atoms with Crippen LogP contribution >= 0.6 is 22.9 Å². The number of halogens is 1. The number of aryl methyl sites for hydroxylation is 3. The first-order valence-electron chi connectivity index (χ1n) is 18.8. The van der Waals surface area contributed by atoms with Gasteiger partial charge >= 0.3 is 0 Å². The fourth-order valence-corrected chi connectivity index (χ4v) is 4.95. The number of aromatic nitrogens is 3. The summed E-state index contributed by atoms with van der Waals surface area (Å²) in [5.41, 5.74) is 4.36. The molecule has 0 amide bonds. The summed E-state index contributed by atoms with van der Waals surface area (Å²) in [5.74, 6) is 2.21. The largest absolute Gasteiger partial charge is 0.494 e. The third kappa shape index (κ3) is 20.7. The van der Waals surface area contributed by atoms with Crippen LogP contribution in [0.5, 0.6) is 11.6 Å². The Morgan fingerprint density at radius 1 is 0.939 bits per heavy atom. The lowest BCUT2D eigenvalue weighted by atomic mass is 10.1. The average Bonchev–Trinajstić information content (AvgIpc) is 3.64. The summed E-state index contributed by atoms with van der Waals surface area (Å²) < 4.78 is 11.8. The molecule has 0 saturated heterocycles. The van der Waals surface area contributed by atoms with Crippen LogP contribution in [0, 0.1) is 19.8 Å². The lowest BCUT2D eigenvalue weighted by molar-refractivity contribution is 0.192. The Hall–Kier alpha value is -2.51. The molecule has 0 spiro atoms. The Morgan fingerprint density at radius 3 is 2.00 bits per heavy atom. The predicted molar refractivity (Wildman–Crippen MR) is 216 cm³/mol. The van der Waals surface area contributed by atoms with Gasteiger partial charge in [0.25, 0.3) is 0 Å². The predicted octanol–water partition coefficient (Wildman–Crippen LogP) is 13.8. The maximum Gasteiger partial charge on any atom is 0.243 e. The fraction of sp³-hybridized carbons (Fsp3) is 0.659. The van der Waals surface area contributed by atoms with E-state index in [1.165, 1.54) is 49.1 Å². The Balaban J connectivity index is 0.000000888. The smallest absolute Gasteiger partial charge is 0.243 e. The molecule has 1 aromatic carbocycles. The summed E-state index contributed by atoms with van der Waals surface area (Å²) in [6.07, 6.45) is 13.9. The van der Waals surface area contributed by atoms with Crippen molar-refractivity contribution in [2.75, 3.05) is 6.61 Å². The molecule has 0 atom stereocenters. The van der Waals surface area contributed by atoms with E-state index in [4.69, 9.17) is 26.1 Å². The van der Waals surface area contributed by atoms with E-state index in [1.54, 1.807) is 11.3 Å². The minimum atomic E-state index is -0.133. The van der Waals surface area contributed by atoms with Gasteiger partial charge in [-0.1, -0.05) is 119 Å². The van der Waals surface area contributed by atoms with Crippen molar-refractivity contribution in [2.24, 2.45) is 10.9 Å². The molecule has 0 aliphatic heterocycles. The molecule has 2 aromatic heterocycles. The van der Waals surface area contributed by atoms with Crippen LogP contribution in [0.1, 0.15) is 162 Å². The Kier molecular flexibility index (Phi) is 25.8. The minimum absolute atomic E-state index is 0.133. The van der Waals surface area contributed by atoms with Gasteiger partial charge in [0.1, 0.15) is 23.4 Å². The molecule has 4 rings (SSSR count). The first kappa shape index (κ1) is 46.5. The molecule has 1 fully saturated rings. The molecule has 49 heavy (non-hydrogen) atoms. The zero-order valence-electron chi connectivity index (χ0n) is 33.3. The Labute approximate surface area is 310 Å². The van der Waals surface area contributed by atoms with Gasteiger partial charge in [0.2, 0.25) is 5.88 Å². The first-order chi connectivity index (χ1) is 23.4. The quantitative estimate of drug-likeness (QED) is 0.165. The van der Waals surface area contributed by atoms with Gasteiger partial charge in [-0.2, -0.15) is 4.98 Å². The zero-order chi connectivity index (χ0) is 37.2. The zero-order valence-corrected chi connectivity index (χ0v) is 34.9. The van der Waals surface area contributed by atoms with Crippen LogP contribution < -0.4 is 9.47 Å². The molecule has 1 aliphatic rings. The molecular formula is C41H69ClN4O2S. The van der Waals surface area contributed by atoms with Gasteiger partial charge in [-0.05, 0) is 77.0 Å². The van der Waals surface area contributed by atoms with E-state index in [0.29, 0.717) is 23.2 Å². The third-order valence-electron chi connectivity index (χ3n) is 7.12. The molecule has 0 radical (unpaired) electrons. The van der Waals surface area contributed by atoms with E-state index in [2.05, 4.69) is 96.5 Å². The number of aliphatic imine (C=N–C) groups is 1. The lowest BCUT2D eigenvalue weighted by Crippen LogP contribution is -2.14. The molecule has 8 heteroatoms. The molecule has 2 heterocycles. The second-order valence-corrected chi connectivity index (χ2v) is 14.5. The summed E-state index contributed by atoms with van der Waals surface area (Å²) in [6.45, 7) is 28.4. The van der Waals surface area contributed by atoms with E-state index in [9.17, 15) is 0 Å². The maximum atomic E-state index is 6.58. The van der Waals surface area contributed by atoms with Crippen molar-refractivity contribution >= 4 is 34.3 Å². The number of hydrogen-bond acceptors (Lipinski definition) is 7. The summed E-state index contributed by atoms with van der Waals surface area (Å²) in [6, 6.07) is 5.78. The SMILES string of the molecule is CCC.CCCC.CCCC(C)C.CCCOc1ccc(C(CCC)=Nc2c(C)ncnc2OC2(C)CC2)c(Cl)c1.CCc1csc(C)n1. The summed E-state index contributed by atoms with van der Waals surface area (Å²) >= 11 is 8.30. The van der Waals surface area contributed by atoms with Gasteiger partial charge in [-0.15, -0.1) is 11.3 Å². The van der Waals surface area contributed by atoms with Crippen LogP contribution in [-0.4, -0.2) is 32.9 Å². The van der Waals surface area contributed by atoms with Crippen LogP contribution in [0.3, 0.4) is 0 Å². The van der Waals surface area contributed by atoms with Crippen molar-refractivity contribution in [1.29, 1.82) is 0 Å². The van der Waals surface area contributed by atoms with Gasteiger partial charge in [0.05, 0.1) is 33.7 Å². The molecule has 0 bridgehead atoms. The highest BCUT2D eigenvalue weighted by molar-refractivity contribution is 7.09. The molecule has 278 valence electrons. The fourth-order valence-electron chi connectivity index (χ4n) is 3.97. The van der Waals surface area contributed by atoms with Gasteiger partial charge in [0, 0.05) is 10.9 Å². The van der Waals surface area contributed by atoms with E-state index in [0.717, 1.165) is 67.2 Å². The van der Waals surface area contributed by atoms with Crippen molar-refractivity contribution in [1.82, 2.24) is 15.0 Å². The van der Waals surface area contributed by atoms with Gasteiger partial charge in [-0.25, -0.2) is 15.0 Å². The van der Waals surface area contributed by atoms with Crippen LogP contribution in [0.2, 0.25) is 5.02 Å². The van der Waals surface area contributed by atoms with Gasteiger partial charge in [-0.3, -0.25) is 0 Å². The van der Waals surface area contributed by atoms with E-state index < -0.39 is 0 Å². The van der Waals surface area contributed by atoms with Crippen LogP contribution in [0.25, 0.3) is 0 Å². The highest BCUT2D eigenvalue weighted by atomic mass is 35.5. The molecular weight excluding hydrogens is 648 g/mol. The third-order valence-corrected chi connectivity index (χ3v) is 8.26. The topological polar surface area (TPSA) is 69.5 Å². The molecule has 1 saturated carbocycles. The van der Waals surface area contributed by atoms with E-state index >= 15 is 0 Å². The van der Waals surface area contributed by atoms with Crippen LogP contribution in [0.4, 0.5) is 5.69 Å². The summed E-state index contributed by atoms with van der Waals surface area (Å²) in [5, 5.41) is 3.91. The maximum absolute atomic E-state index is 6.58. The molecule has 0 unspecified atom stereocenters.